The van der Waals surface area contributed by atoms with Gasteiger partial charge >= 0.3 is 6.09 Å². The third-order valence-corrected chi connectivity index (χ3v) is 6.64. The van der Waals surface area contributed by atoms with E-state index in [1.807, 2.05) is 0 Å². The highest BCUT2D eigenvalue weighted by Crippen LogP contribution is 2.35. The second kappa shape index (κ2) is 9.38. The number of rotatable bonds is 5. The molecule has 0 saturated carbocycles. The van der Waals surface area contributed by atoms with Crippen molar-refractivity contribution in [1.29, 1.82) is 0 Å². The number of carbonyl (C=O) groups is 2. The maximum atomic E-state index is 12.7. The molecule has 0 radical (unpaired) electrons. The van der Waals surface area contributed by atoms with Crippen LogP contribution in [0.1, 0.15) is 56.9 Å². The van der Waals surface area contributed by atoms with Crippen LogP contribution in [0.2, 0.25) is 0 Å². The molecule has 2 aromatic heterocycles. The number of ether oxygens (including phenoxy) is 1. The van der Waals surface area contributed by atoms with Gasteiger partial charge in [0.25, 0.3) is 5.91 Å². The van der Waals surface area contributed by atoms with Gasteiger partial charge in [0.05, 0.1) is 13.2 Å². The molecular formula is C23H34N6O5. The second-order valence-corrected chi connectivity index (χ2v) is 10.0. The Balaban J connectivity index is 1.82. The Morgan fingerprint density at radius 3 is 2.56 bits per heavy atom. The zero-order valence-electron chi connectivity index (χ0n) is 20.5. The molecule has 0 bridgehead atoms. The summed E-state index contributed by atoms with van der Waals surface area (Å²) in [6.07, 6.45) is 2.10. The average Bonchev–Trinajstić information content (AvgIpc) is 3.47. The van der Waals surface area contributed by atoms with Crippen LogP contribution in [-0.2, 0) is 9.57 Å². The Kier molecular flexibility index (Phi) is 6.68. The lowest BCUT2D eigenvalue weighted by Gasteiger charge is -2.41. The lowest BCUT2D eigenvalue weighted by Crippen LogP contribution is -2.49. The van der Waals surface area contributed by atoms with Crippen LogP contribution in [0.4, 0.5) is 16.4 Å². The van der Waals surface area contributed by atoms with E-state index in [0.717, 1.165) is 31.0 Å². The Morgan fingerprint density at radius 2 is 1.94 bits per heavy atom. The molecule has 1 N–H and O–H groups in total. The molecule has 2 aliphatic rings. The highest BCUT2D eigenvalue weighted by atomic mass is 16.7. The molecule has 4 heterocycles. The topological polar surface area (TPSA) is 113 Å². The first-order valence-electron chi connectivity index (χ1n) is 11.7. The standard InChI is InChI=1S/C23H34N6O5/c1-23(2,3)17-12-15(8-11-34-17)28(22(31)32)20-14-18(27-9-6-7-10-27)24-19-13-16(25-29(19)20)21(30)26(4)33-5/h13-15,17H,6-12H2,1-5H3,(H,31,32). The summed E-state index contributed by atoms with van der Waals surface area (Å²) in [7, 11) is 2.89. The minimum Gasteiger partial charge on any atom is -0.465 e. The van der Waals surface area contributed by atoms with Crippen LogP contribution in [-0.4, -0.2) is 82.8 Å². The van der Waals surface area contributed by atoms with Crippen LogP contribution in [0.3, 0.4) is 0 Å². The van der Waals surface area contributed by atoms with Gasteiger partial charge in [-0.05, 0) is 31.1 Å². The molecule has 11 nitrogen and oxygen atoms in total. The molecule has 2 aliphatic heterocycles. The van der Waals surface area contributed by atoms with Gasteiger partial charge in [0, 0.05) is 44.9 Å². The minimum absolute atomic E-state index is 0.0754. The smallest absolute Gasteiger partial charge is 0.413 e. The molecule has 0 aromatic carbocycles. The highest BCUT2D eigenvalue weighted by Gasteiger charge is 2.38. The summed E-state index contributed by atoms with van der Waals surface area (Å²) in [5, 5.41) is 15.9. The number of fused-ring (bicyclic) bond motifs is 1. The van der Waals surface area contributed by atoms with Crippen molar-refractivity contribution in [2.24, 2.45) is 5.41 Å². The van der Waals surface area contributed by atoms with E-state index in [-0.39, 0.29) is 23.3 Å². The second-order valence-electron chi connectivity index (χ2n) is 10.0. The predicted octanol–water partition coefficient (Wildman–Crippen LogP) is 3.04. The Labute approximate surface area is 199 Å². The van der Waals surface area contributed by atoms with E-state index in [1.54, 1.807) is 12.1 Å². The highest BCUT2D eigenvalue weighted by molar-refractivity contribution is 5.93. The van der Waals surface area contributed by atoms with Crippen LogP contribution in [0.15, 0.2) is 12.1 Å². The van der Waals surface area contributed by atoms with Gasteiger partial charge in [-0.15, -0.1) is 0 Å². The molecule has 2 saturated heterocycles. The lowest BCUT2D eigenvalue weighted by molar-refractivity contribution is -0.0760. The molecule has 2 fully saturated rings. The average molecular weight is 475 g/mol. The van der Waals surface area contributed by atoms with Crippen molar-refractivity contribution in [3.8, 4) is 0 Å². The Morgan fingerprint density at radius 1 is 1.24 bits per heavy atom. The van der Waals surface area contributed by atoms with Crippen molar-refractivity contribution in [2.45, 2.75) is 58.6 Å². The maximum absolute atomic E-state index is 12.7. The minimum atomic E-state index is -1.07. The van der Waals surface area contributed by atoms with Crippen molar-refractivity contribution in [3.05, 3.63) is 17.8 Å². The first-order chi connectivity index (χ1) is 16.1. The number of aromatic nitrogens is 3. The molecule has 34 heavy (non-hydrogen) atoms. The van der Waals surface area contributed by atoms with Gasteiger partial charge in [0.15, 0.2) is 11.3 Å². The van der Waals surface area contributed by atoms with E-state index >= 15 is 0 Å². The number of carbonyl (C=O) groups excluding carboxylic acids is 1. The largest absolute Gasteiger partial charge is 0.465 e. The first-order valence-corrected chi connectivity index (χ1v) is 11.7. The molecular weight excluding hydrogens is 440 g/mol. The van der Waals surface area contributed by atoms with Crippen LogP contribution in [0.25, 0.3) is 5.65 Å². The fraction of sp³-hybridized carbons (Fsp3) is 0.652. The van der Waals surface area contributed by atoms with Gasteiger partial charge in [0.1, 0.15) is 11.6 Å². The van der Waals surface area contributed by atoms with Crippen LogP contribution < -0.4 is 9.80 Å². The number of carboxylic acid groups (broad SMARTS) is 1. The molecule has 0 aliphatic carbocycles. The quantitative estimate of drug-likeness (QED) is 0.658. The molecule has 2 atom stereocenters. The molecule has 2 unspecified atom stereocenters. The van der Waals surface area contributed by atoms with Gasteiger partial charge in [-0.3, -0.25) is 14.5 Å². The Hall–Kier alpha value is -2.92. The van der Waals surface area contributed by atoms with Crippen molar-refractivity contribution in [3.63, 3.8) is 0 Å². The maximum Gasteiger partial charge on any atom is 0.413 e. The fourth-order valence-electron chi connectivity index (χ4n) is 4.63. The van der Waals surface area contributed by atoms with E-state index in [0.29, 0.717) is 36.7 Å². The van der Waals surface area contributed by atoms with E-state index in [4.69, 9.17) is 14.6 Å². The predicted molar refractivity (Wildman–Crippen MR) is 126 cm³/mol. The summed E-state index contributed by atoms with van der Waals surface area (Å²) in [5.41, 5.74) is 0.423. The van der Waals surface area contributed by atoms with Crippen molar-refractivity contribution in [2.75, 3.05) is 43.7 Å². The number of hydrogen-bond acceptors (Lipinski definition) is 7. The third kappa shape index (κ3) is 4.67. The van der Waals surface area contributed by atoms with Gasteiger partial charge in [-0.25, -0.2) is 14.8 Å². The van der Waals surface area contributed by atoms with Crippen molar-refractivity contribution < 1.29 is 24.3 Å². The van der Waals surface area contributed by atoms with Gasteiger partial charge in [-0.2, -0.15) is 9.61 Å². The molecule has 2 amide bonds. The van der Waals surface area contributed by atoms with E-state index in [1.165, 1.54) is 23.6 Å². The molecule has 11 heteroatoms. The van der Waals surface area contributed by atoms with Gasteiger partial charge in [0.2, 0.25) is 0 Å². The monoisotopic (exact) mass is 474 g/mol. The van der Waals surface area contributed by atoms with E-state index in [9.17, 15) is 14.7 Å². The van der Waals surface area contributed by atoms with Crippen molar-refractivity contribution >= 4 is 29.3 Å². The number of anilines is 2. The van der Waals surface area contributed by atoms with Crippen LogP contribution in [0, 0.1) is 5.41 Å². The summed E-state index contributed by atoms with van der Waals surface area (Å²) in [6.45, 7) is 8.47. The zero-order valence-corrected chi connectivity index (χ0v) is 20.5. The van der Waals surface area contributed by atoms with Crippen molar-refractivity contribution in [1.82, 2.24) is 19.7 Å². The van der Waals surface area contributed by atoms with Crippen LogP contribution >= 0.6 is 0 Å². The molecule has 2 aromatic rings. The number of amides is 2. The van der Waals surface area contributed by atoms with Gasteiger partial charge < -0.3 is 14.7 Å². The zero-order chi connectivity index (χ0) is 24.6. The molecule has 0 spiro atoms. The molecule has 186 valence electrons. The lowest BCUT2D eigenvalue weighted by atomic mass is 9.83. The Bertz CT molecular complexity index is 1060. The summed E-state index contributed by atoms with van der Waals surface area (Å²) in [4.78, 5) is 38.6. The fourth-order valence-corrected chi connectivity index (χ4v) is 4.63. The van der Waals surface area contributed by atoms with Gasteiger partial charge in [-0.1, -0.05) is 20.8 Å². The SMILES string of the molecule is CON(C)C(=O)c1cc2nc(N3CCCC3)cc(N(C(=O)O)C3CCOC(C(C)(C)C)C3)n2n1. The molecule has 4 rings (SSSR count). The normalized spacial score (nSPS) is 21.1. The first kappa shape index (κ1) is 24.2. The number of nitrogens with zero attached hydrogens (tertiary/aromatic N) is 6. The summed E-state index contributed by atoms with van der Waals surface area (Å²) >= 11 is 0. The summed E-state index contributed by atoms with van der Waals surface area (Å²) < 4.78 is 7.43. The number of hydroxylamine groups is 2. The van der Waals surface area contributed by atoms with E-state index in [2.05, 4.69) is 30.8 Å². The summed E-state index contributed by atoms with van der Waals surface area (Å²) in [6, 6.07) is 3.05. The van der Waals surface area contributed by atoms with Crippen LogP contribution in [0.5, 0.6) is 0 Å². The van der Waals surface area contributed by atoms with E-state index < -0.39 is 12.0 Å². The summed E-state index contributed by atoms with van der Waals surface area (Å²) in [5.74, 6) is 0.616. The number of hydrogen-bond donors (Lipinski definition) is 1. The third-order valence-electron chi connectivity index (χ3n) is 6.64.